The van der Waals surface area contributed by atoms with Crippen molar-refractivity contribution in [3.8, 4) is 0 Å². The van der Waals surface area contributed by atoms with Crippen LogP contribution in [0.1, 0.15) is 24.8 Å². The number of carbonyl (C=O) groups is 2. The molecule has 1 aliphatic rings. The first-order valence-electron chi connectivity index (χ1n) is 10.4. The van der Waals surface area contributed by atoms with Crippen molar-refractivity contribution in [2.45, 2.75) is 37.6 Å². The Morgan fingerprint density at radius 1 is 1.03 bits per heavy atom. The maximum Gasteiger partial charge on any atom is 0.242 e. The number of hydrogen-bond donors (Lipinski definition) is 1. The zero-order valence-electron chi connectivity index (χ0n) is 17.3. The highest BCUT2D eigenvalue weighted by atomic mass is 32.2. The van der Waals surface area contributed by atoms with Gasteiger partial charge in [-0.25, -0.2) is 0 Å². The number of hydrogen-bond acceptors (Lipinski definition) is 3. The Morgan fingerprint density at radius 2 is 1.83 bits per heavy atom. The lowest BCUT2D eigenvalue weighted by molar-refractivity contribution is -0.132. The zero-order chi connectivity index (χ0) is 20.9. The first-order chi connectivity index (χ1) is 14.6. The normalized spacial score (nSPS) is 14.1. The van der Waals surface area contributed by atoms with Gasteiger partial charge in [-0.2, -0.15) is 0 Å². The molecule has 0 atom stereocenters. The predicted molar refractivity (Wildman–Crippen MR) is 123 cm³/mol. The third-order valence-corrected chi connectivity index (χ3v) is 6.47. The highest BCUT2D eigenvalue weighted by Gasteiger charge is 2.18. The molecule has 0 saturated carbocycles. The number of carbonyl (C=O) groups excluding carboxylic acids is 2. The van der Waals surface area contributed by atoms with E-state index < -0.39 is 0 Å². The van der Waals surface area contributed by atoms with Crippen molar-refractivity contribution in [1.82, 2.24) is 9.47 Å². The fourth-order valence-electron chi connectivity index (χ4n) is 3.91. The topological polar surface area (TPSA) is 54.3 Å². The van der Waals surface area contributed by atoms with E-state index in [-0.39, 0.29) is 11.8 Å². The van der Waals surface area contributed by atoms with Crippen molar-refractivity contribution in [1.29, 1.82) is 0 Å². The van der Waals surface area contributed by atoms with Crippen LogP contribution in [0, 0.1) is 6.92 Å². The third kappa shape index (κ3) is 4.87. The Kier molecular flexibility index (Phi) is 6.43. The number of benzene rings is 2. The minimum absolute atomic E-state index is 0.0353. The maximum atomic E-state index is 12.8. The van der Waals surface area contributed by atoms with Gasteiger partial charge < -0.3 is 14.8 Å². The first kappa shape index (κ1) is 20.5. The summed E-state index contributed by atoms with van der Waals surface area (Å²) in [4.78, 5) is 28.2. The number of thioether (sulfide) groups is 1. The van der Waals surface area contributed by atoms with Crippen molar-refractivity contribution in [2.24, 2.45) is 0 Å². The summed E-state index contributed by atoms with van der Waals surface area (Å²) in [6.45, 7) is 4.07. The molecule has 0 unspecified atom stereocenters. The molecule has 0 bridgehead atoms. The number of aryl methyl sites for hydroxylation is 1. The van der Waals surface area contributed by atoms with E-state index in [0.29, 0.717) is 12.3 Å². The van der Waals surface area contributed by atoms with E-state index in [0.717, 1.165) is 53.0 Å². The Bertz CT molecular complexity index is 1050. The summed E-state index contributed by atoms with van der Waals surface area (Å²) in [5.74, 6) is 0.457. The number of para-hydroxylation sites is 1. The van der Waals surface area contributed by atoms with E-state index in [1.165, 1.54) is 18.2 Å². The molecule has 2 aromatic carbocycles. The molecule has 0 radical (unpaired) electrons. The number of anilines is 1. The summed E-state index contributed by atoms with van der Waals surface area (Å²) in [6.07, 6.45) is 5.41. The summed E-state index contributed by atoms with van der Waals surface area (Å²) in [6, 6.07) is 15.9. The van der Waals surface area contributed by atoms with Gasteiger partial charge in [0.2, 0.25) is 11.8 Å². The van der Waals surface area contributed by atoms with Crippen molar-refractivity contribution >= 4 is 40.2 Å². The molecule has 1 aliphatic heterocycles. The number of aromatic nitrogens is 1. The molecular formula is C24H27N3O2S. The van der Waals surface area contributed by atoms with E-state index in [1.807, 2.05) is 65.1 Å². The fraction of sp³-hybridized carbons (Fsp3) is 0.333. The van der Waals surface area contributed by atoms with Crippen LogP contribution in [0.2, 0.25) is 0 Å². The predicted octanol–water partition coefficient (Wildman–Crippen LogP) is 4.69. The number of piperidine rings is 1. The lowest BCUT2D eigenvalue weighted by Crippen LogP contribution is -2.37. The average molecular weight is 422 g/mol. The quantitative estimate of drug-likeness (QED) is 0.588. The molecule has 156 valence electrons. The van der Waals surface area contributed by atoms with Crippen LogP contribution in [-0.4, -0.2) is 40.1 Å². The fourth-order valence-corrected chi connectivity index (χ4v) is 4.80. The number of likely N-dealkylation sites (tertiary alicyclic amines) is 1. The van der Waals surface area contributed by atoms with Crippen LogP contribution in [0.3, 0.4) is 0 Å². The van der Waals surface area contributed by atoms with Crippen molar-refractivity contribution in [2.75, 3.05) is 24.2 Å². The molecule has 6 heteroatoms. The molecule has 30 heavy (non-hydrogen) atoms. The van der Waals surface area contributed by atoms with Crippen LogP contribution in [0.5, 0.6) is 0 Å². The van der Waals surface area contributed by atoms with Gasteiger partial charge >= 0.3 is 0 Å². The standard InChI is InChI=1S/C24H27N3O2S/c1-18-8-7-9-19(14-18)25-23(28)17-30-22-15-27(21-11-4-3-10-20(21)22)16-24(29)26-12-5-2-6-13-26/h3-4,7-11,14-15H,2,5-6,12-13,16-17H2,1H3,(H,25,28). The van der Waals surface area contributed by atoms with Gasteiger partial charge in [-0.1, -0.05) is 30.3 Å². The van der Waals surface area contributed by atoms with Gasteiger partial charge in [-0.15, -0.1) is 11.8 Å². The number of rotatable bonds is 6. The van der Waals surface area contributed by atoms with Gasteiger partial charge in [-0.05, 0) is 49.9 Å². The molecule has 1 saturated heterocycles. The second-order valence-corrected chi connectivity index (χ2v) is 8.80. The maximum absolute atomic E-state index is 12.8. The Morgan fingerprint density at radius 3 is 2.63 bits per heavy atom. The smallest absolute Gasteiger partial charge is 0.242 e. The number of nitrogens with zero attached hydrogens (tertiary/aromatic N) is 2. The summed E-state index contributed by atoms with van der Waals surface area (Å²) < 4.78 is 2.02. The van der Waals surface area contributed by atoms with Gasteiger partial charge in [0, 0.05) is 40.8 Å². The molecule has 0 aliphatic carbocycles. The third-order valence-electron chi connectivity index (χ3n) is 5.43. The van der Waals surface area contributed by atoms with Crippen LogP contribution < -0.4 is 5.32 Å². The molecule has 1 fully saturated rings. The number of fused-ring (bicyclic) bond motifs is 1. The van der Waals surface area contributed by atoms with Crippen molar-refractivity contribution in [3.05, 3.63) is 60.3 Å². The molecule has 1 N–H and O–H groups in total. The van der Waals surface area contributed by atoms with Gasteiger partial charge in [-0.3, -0.25) is 9.59 Å². The van der Waals surface area contributed by atoms with Crippen LogP contribution in [-0.2, 0) is 16.1 Å². The van der Waals surface area contributed by atoms with Crippen LogP contribution >= 0.6 is 11.8 Å². The monoisotopic (exact) mass is 421 g/mol. The van der Waals surface area contributed by atoms with Crippen LogP contribution in [0.25, 0.3) is 10.9 Å². The van der Waals surface area contributed by atoms with Crippen LogP contribution in [0.4, 0.5) is 5.69 Å². The van der Waals surface area contributed by atoms with E-state index in [4.69, 9.17) is 0 Å². The second kappa shape index (κ2) is 9.39. The van der Waals surface area contributed by atoms with Gasteiger partial charge in [0.1, 0.15) is 6.54 Å². The summed E-state index contributed by atoms with van der Waals surface area (Å²) in [5, 5.41) is 4.04. The minimum Gasteiger partial charge on any atom is -0.341 e. The zero-order valence-corrected chi connectivity index (χ0v) is 18.1. The van der Waals surface area contributed by atoms with Crippen LogP contribution in [0.15, 0.2) is 59.6 Å². The molecule has 2 heterocycles. The molecule has 5 nitrogen and oxygen atoms in total. The molecule has 2 amide bonds. The lowest BCUT2D eigenvalue weighted by Gasteiger charge is -2.27. The largest absolute Gasteiger partial charge is 0.341 e. The highest BCUT2D eigenvalue weighted by molar-refractivity contribution is 8.00. The molecule has 1 aromatic heterocycles. The molecular weight excluding hydrogens is 394 g/mol. The SMILES string of the molecule is Cc1cccc(NC(=O)CSc2cn(CC(=O)N3CCCCC3)c3ccccc23)c1. The molecule has 3 aromatic rings. The van der Waals surface area contributed by atoms with Gasteiger partial charge in [0.15, 0.2) is 0 Å². The minimum atomic E-state index is -0.0353. The summed E-state index contributed by atoms with van der Waals surface area (Å²) in [7, 11) is 0. The van der Waals surface area contributed by atoms with E-state index in [2.05, 4.69) is 11.4 Å². The number of nitrogens with one attached hydrogen (secondary N) is 1. The summed E-state index contributed by atoms with van der Waals surface area (Å²) >= 11 is 1.51. The first-order valence-corrected chi connectivity index (χ1v) is 11.4. The van der Waals surface area contributed by atoms with Gasteiger partial charge in [0.05, 0.1) is 5.75 Å². The Hall–Kier alpha value is -2.73. The van der Waals surface area contributed by atoms with E-state index in [9.17, 15) is 9.59 Å². The van der Waals surface area contributed by atoms with E-state index in [1.54, 1.807) is 0 Å². The average Bonchev–Trinajstić information content (AvgIpc) is 3.10. The lowest BCUT2D eigenvalue weighted by atomic mass is 10.1. The Labute approximate surface area is 181 Å². The van der Waals surface area contributed by atoms with Crippen molar-refractivity contribution in [3.63, 3.8) is 0 Å². The molecule has 4 rings (SSSR count). The van der Waals surface area contributed by atoms with E-state index >= 15 is 0 Å². The second-order valence-electron chi connectivity index (χ2n) is 7.79. The van der Waals surface area contributed by atoms with Gasteiger partial charge in [0.25, 0.3) is 0 Å². The Balaban J connectivity index is 1.45. The molecule has 0 spiro atoms. The number of amides is 2. The highest BCUT2D eigenvalue weighted by Crippen LogP contribution is 2.30. The van der Waals surface area contributed by atoms with Crippen molar-refractivity contribution < 1.29 is 9.59 Å². The summed E-state index contributed by atoms with van der Waals surface area (Å²) in [5.41, 5.74) is 2.96.